The average Bonchev–Trinajstić information content (AvgIpc) is 2.78. The van der Waals surface area contributed by atoms with Crippen molar-refractivity contribution in [3.8, 4) is 11.5 Å². The van der Waals surface area contributed by atoms with Crippen LogP contribution < -0.4 is 0 Å². The molecule has 8 heteroatoms. The molecule has 0 fully saturated rings. The molecule has 0 saturated carbocycles. The van der Waals surface area contributed by atoms with Gasteiger partial charge in [0.15, 0.2) is 0 Å². The van der Waals surface area contributed by atoms with E-state index < -0.39 is 11.8 Å². The van der Waals surface area contributed by atoms with Gasteiger partial charge in [-0.2, -0.15) is 0 Å². The number of halogens is 1. The lowest BCUT2D eigenvalue weighted by Crippen LogP contribution is -2.06. The first-order chi connectivity index (χ1) is 8.66. The van der Waals surface area contributed by atoms with Gasteiger partial charge in [-0.1, -0.05) is 0 Å². The van der Waals surface area contributed by atoms with E-state index in [4.69, 9.17) is 5.11 Å². The summed E-state index contributed by atoms with van der Waals surface area (Å²) in [7, 11) is 0. The topological polar surface area (TPSA) is 93.8 Å². The number of hydrogen-bond donors (Lipinski definition) is 1. The normalized spacial score (nSPS) is 10.5. The summed E-state index contributed by atoms with van der Waals surface area (Å²) in [6.07, 6.45) is 1.52. The molecular formula is C10H10FN5O2. The highest BCUT2D eigenvalue weighted by molar-refractivity contribution is 5.66. The number of nitrogens with zero attached hydrogens (tertiary/aromatic N) is 5. The van der Waals surface area contributed by atoms with Crippen molar-refractivity contribution in [3.63, 3.8) is 0 Å². The zero-order valence-corrected chi connectivity index (χ0v) is 9.32. The highest BCUT2D eigenvalue weighted by atomic mass is 19.1. The molecule has 0 aliphatic rings. The number of rotatable bonds is 5. The first kappa shape index (κ1) is 12.1. The molecule has 18 heavy (non-hydrogen) atoms. The van der Waals surface area contributed by atoms with Crippen molar-refractivity contribution in [1.29, 1.82) is 0 Å². The van der Waals surface area contributed by atoms with Crippen LogP contribution in [0.25, 0.3) is 11.5 Å². The highest BCUT2D eigenvalue weighted by Gasteiger charge is 2.10. The van der Waals surface area contributed by atoms with Gasteiger partial charge < -0.3 is 5.11 Å². The second-order valence-electron chi connectivity index (χ2n) is 3.58. The van der Waals surface area contributed by atoms with Gasteiger partial charge in [0, 0.05) is 13.0 Å². The van der Waals surface area contributed by atoms with Crippen LogP contribution in [0.4, 0.5) is 4.39 Å². The second kappa shape index (κ2) is 5.30. The van der Waals surface area contributed by atoms with Gasteiger partial charge in [-0.25, -0.2) is 14.1 Å². The third-order valence-electron chi connectivity index (χ3n) is 2.25. The van der Waals surface area contributed by atoms with Gasteiger partial charge in [-0.3, -0.25) is 4.79 Å². The summed E-state index contributed by atoms with van der Waals surface area (Å²) in [4.78, 5) is 14.3. The fourth-order valence-corrected chi connectivity index (χ4v) is 1.43. The maximum Gasteiger partial charge on any atom is 0.303 e. The lowest BCUT2D eigenvalue weighted by atomic mass is 10.3. The van der Waals surface area contributed by atoms with Crippen molar-refractivity contribution in [2.45, 2.75) is 19.4 Å². The molecule has 7 nitrogen and oxygen atoms in total. The molecule has 0 amide bonds. The number of aromatic nitrogens is 5. The number of pyridine rings is 1. The Morgan fingerprint density at radius 3 is 2.94 bits per heavy atom. The van der Waals surface area contributed by atoms with Crippen LogP contribution in [0.3, 0.4) is 0 Å². The van der Waals surface area contributed by atoms with Gasteiger partial charge in [0.1, 0.15) is 11.5 Å². The van der Waals surface area contributed by atoms with Gasteiger partial charge in [0.05, 0.1) is 6.20 Å². The molecule has 0 spiro atoms. The Labute approximate surface area is 101 Å². The third-order valence-corrected chi connectivity index (χ3v) is 2.25. The van der Waals surface area contributed by atoms with E-state index in [2.05, 4.69) is 20.5 Å². The zero-order valence-electron chi connectivity index (χ0n) is 9.32. The molecule has 0 aliphatic heterocycles. The molecule has 0 atom stereocenters. The number of aliphatic carboxylic acids is 1. The first-order valence-electron chi connectivity index (χ1n) is 5.26. The molecule has 0 radical (unpaired) electrons. The molecule has 94 valence electrons. The summed E-state index contributed by atoms with van der Waals surface area (Å²) >= 11 is 0. The van der Waals surface area contributed by atoms with Crippen LogP contribution in [-0.2, 0) is 11.3 Å². The monoisotopic (exact) mass is 251 g/mol. The molecule has 2 aromatic rings. The number of carbonyl (C=O) groups is 1. The molecule has 2 aromatic heterocycles. The van der Waals surface area contributed by atoms with Crippen molar-refractivity contribution >= 4 is 5.97 Å². The Balaban J connectivity index is 2.12. The summed E-state index contributed by atoms with van der Waals surface area (Å²) in [6, 6.07) is 2.73. The van der Waals surface area contributed by atoms with Crippen molar-refractivity contribution in [1.82, 2.24) is 25.2 Å². The van der Waals surface area contributed by atoms with E-state index >= 15 is 0 Å². The third kappa shape index (κ3) is 2.84. The van der Waals surface area contributed by atoms with E-state index in [1.807, 2.05) is 0 Å². The molecule has 0 bridgehead atoms. The largest absolute Gasteiger partial charge is 0.481 e. The Hall–Kier alpha value is -2.38. The predicted molar refractivity (Wildman–Crippen MR) is 57.9 cm³/mol. The highest BCUT2D eigenvalue weighted by Crippen LogP contribution is 2.13. The number of carboxylic acid groups (broad SMARTS) is 1. The molecule has 0 unspecified atom stereocenters. The molecule has 1 N–H and O–H groups in total. The van der Waals surface area contributed by atoms with Crippen LogP contribution >= 0.6 is 0 Å². The fraction of sp³-hybridized carbons (Fsp3) is 0.300. The van der Waals surface area contributed by atoms with Gasteiger partial charge in [0.25, 0.3) is 0 Å². The summed E-state index contributed by atoms with van der Waals surface area (Å²) in [5, 5.41) is 19.6. The van der Waals surface area contributed by atoms with Crippen LogP contribution in [0, 0.1) is 5.82 Å². The van der Waals surface area contributed by atoms with E-state index in [1.165, 1.54) is 16.8 Å². The Kier molecular flexibility index (Phi) is 3.56. The van der Waals surface area contributed by atoms with Gasteiger partial charge in [-0.05, 0) is 29.0 Å². The van der Waals surface area contributed by atoms with E-state index in [1.54, 1.807) is 0 Å². The van der Waals surface area contributed by atoms with Crippen molar-refractivity contribution in [2.75, 3.05) is 0 Å². The van der Waals surface area contributed by atoms with E-state index in [0.717, 1.165) is 6.20 Å². The molecule has 0 saturated heterocycles. The Morgan fingerprint density at radius 1 is 1.44 bits per heavy atom. The fourth-order valence-electron chi connectivity index (χ4n) is 1.43. The van der Waals surface area contributed by atoms with Crippen LogP contribution in [0.1, 0.15) is 12.8 Å². The molecule has 0 aromatic carbocycles. The van der Waals surface area contributed by atoms with Crippen molar-refractivity contribution in [3.05, 3.63) is 24.1 Å². The van der Waals surface area contributed by atoms with Crippen molar-refractivity contribution < 1.29 is 14.3 Å². The van der Waals surface area contributed by atoms with Crippen LogP contribution in [0.2, 0.25) is 0 Å². The average molecular weight is 251 g/mol. The Bertz CT molecular complexity index is 539. The minimum Gasteiger partial charge on any atom is -0.481 e. The van der Waals surface area contributed by atoms with E-state index in [0.29, 0.717) is 24.5 Å². The smallest absolute Gasteiger partial charge is 0.303 e. The molecule has 2 rings (SSSR count). The van der Waals surface area contributed by atoms with Gasteiger partial charge in [-0.15, -0.1) is 5.10 Å². The quantitative estimate of drug-likeness (QED) is 0.842. The number of tetrazole rings is 1. The van der Waals surface area contributed by atoms with Crippen molar-refractivity contribution in [2.24, 2.45) is 0 Å². The lowest BCUT2D eigenvalue weighted by Gasteiger charge is -2.02. The van der Waals surface area contributed by atoms with E-state index in [9.17, 15) is 9.18 Å². The number of carboxylic acids is 1. The zero-order chi connectivity index (χ0) is 13.0. The number of aryl methyl sites for hydroxylation is 1. The standard InChI is InChI=1S/C10H10FN5O2/c11-7-3-4-8(12-6-7)10-13-14-15-16(10)5-1-2-9(17)18/h3-4,6H,1-2,5H2,(H,17,18). The Morgan fingerprint density at radius 2 is 2.28 bits per heavy atom. The summed E-state index contributed by atoms with van der Waals surface area (Å²) in [5.41, 5.74) is 0.441. The number of hydrogen-bond acceptors (Lipinski definition) is 5. The van der Waals surface area contributed by atoms with E-state index in [-0.39, 0.29) is 6.42 Å². The van der Waals surface area contributed by atoms with Crippen LogP contribution in [0.5, 0.6) is 0 Å². The molecular weight excluding hydrogens is 241 g/mol. The van der Waals surface area contributed by atoms with Gasteiger partial charge >= 0.3 is 5.97 Å². The summed E-state index contributed by atoms with van der Waals surface area (Å²) in [5.74, 6) is -0.923. The minimum atomic E-state index is -0.871. The van der Waals surface area contributed by atoms with Crippen LogP contribution in [0.15, 0.2) is 18.3 Å². The molecule has 2 heterocycles. The van der Waals surface area contributed by atoms with Crippen LogP contribution in [-0.4, -0.2) is 36.3 Å². The predicted octanol–water partition coefficient (Wildman–Crippen LogP) is 0.739. The SMILES string of the molecule is O=C(O)CCCn1nnnc1-c1ccc(F)cn1. The minimum absolute atomic E-state index is 0.0378. The van der Waals surface area contributed by atoms with Gasteiger partial charge in [0.2, 0.25) is 5.82 Å². The first-order valence-corrected chi connectivity index (χ1v) is 5.26. The maximum absolute atomic E-state index is 12.7. The maximum atomic E-state index is 12.7. The molecule has 0 aliphatic carbocycles. The lowest BCUT2D eigenvalue weighted by molar-refractivity contribution is -0.137. The summed E-state index contributed by atoms with van der Waals surface area (Å²) < 4.78 is 14.2. The summed E-state index contributed by atoms with van der Waals surface area (Å²) in [6.45, 7) is 0.369. The second-order valence-corrected chi connectivity index (χ2v) is 3.58.